The first kappa shape index (κ1) is 15.5. The minimum absolute atomic E-state index is 0.0131. The Hall–Kier alpha value is -2.01. The Bertz CT molecular complexity index is 772. The van der Waals surface area contributed by atoms with Crippen LogP contribution in [-0.2, 0) is 13.5 Å². The van der Waals surface area contributed by atoms with Crippen molar-refractivity contribution in [2.24, 2.45) is 7.05 Å². The summed E-state index contributed by atoms with van der Waals surface area (Å²) in [6.07, 6.45) is 7.72. The Labute approximate surface area is 146 Å². The molecule has 0 saturated carbocycles. The van der Waals surface area contributed by atoms with Crippen LogP contribution in [0.1, 0.15) is 48.0 Å². The molecule has 1 N–H and O–H groups in total. The third-order valence-electron chi connectivity index (χ3n) is 5.13. The lowest BCUT2D eigenvalue weighted by atomic mass is 10.1. The van der Waals surface area contributed by atoms with Crippen molar-refractivity contribution >= 4 is 17.6 Å². The maximum atomic E-state index is 12.8. The van der Waals surface area contributed by atoms with E-state index in [1.807, 2.05) is 36.5 Å². The van der Waals surface area contributed by atoms with Gasteiger partial charge in [0, 0.05) is 30.4 Å². The molecule has 2 heterocycles. The Morgan fingerprint density at radius 1 is 1.38 bits per heavy atom. The van der Waals surface area contributed by atoms with Gasteiger partial charge in [-0.05, 0) is 42.9 Å². The summed E-state index contributed by atoms with van der Waals surface area (Å²) in [5.74, 6) is 0. The summed E-state index contributed by atoms with van der Waals surface area (Å²) >= 11 is 6.27. The van der Waals surface area contributed by atoms with Crippen molar-refractivity contribution in [3.8, 4) is 0 Å². The fraction of sp³-hybridized carbons (Fsp3) is 0.444. The zero-order chi connectivity index (χ0) is 16.7. The van der Waals surface area contributed by atoms with Gasteiger partial charge in [0.15, 0.2) is 0 Å². The van der Waals surface area contributed by atoms with Crippen molar-refractivity contribution in [2.75, 3.05) is 6.54 Å². The van der Waals surface area contributed by atoms with Gasteiger partial charge < -0.3 is 10.2 Å². The van der Waals surface area contributed by atoms with Crippen molar-refractivity contribution in [1.82, 2.24) is 20.0 Å². The number of halogens is 1. The predicted molar refractivity (Wildman–Crippen MR) is 92.9 cm³/mol. The lowest BCUT2D eigenvalue weighted by Crippen LogP contribution is -2.40. The molecule has 1 fully saturated rings. The molecular weight excluding hydrogens is 324 g/mol. The number of aryl methyl sites for hydroxylation is 1. The minimum atomic E-state index is 0.0131. The van der Waals surface area contributed by atoms with Gasteiger partial charge in [-0.2, -0.15) is 5.10 Å². The Morgan fingerprint density at radius 2 is 2.25 bits per heavy atom. The monoisotopic (exact) mass is 344 g/mol. The molecule has 24 heavy (non-hydrogen) atoms. The van der Waals surface area contributed by atoms with Gasteiger partial charge in [-0.15, -0.1) is 0 Å². The van der Waals surface area contributed by atoms with Crippen LogP contribution < -0.4 is 5.32 Å². The van der Waals surface area contributed by atoms with Gasteiger partial charge in [-0.1, -0.05) is 23.7 Å². The number of fused-ring (bicyclic) bond motifs is 1. The standard InChI is InChI=1S/C18H21ClN4O/c1-22-11-12(10-20-22)17-6-3-9-23(17)18(24)21-16-8-7-13-14(16)4-2-5-15(13)19/h2,4-5,10-11,16-17H,3,6-9H2,1H3,(H,21,24)/t16-,17+/m1/s1. The maximum absolute atomic E-state index is 12.8. The number of amides is 2. The molecule has 0 radical (unpaired) electrons. The van der Waals surface area contributed by atoms with Crippen LogP contribution in [0.25, 0.3) is 0 Å². The van der Waals surface area contributed by atoms with Crippen LogP contribution in [0.5, 0.6) is 0 Å². The van der Waals surface area contributed by atoms with Crippen LogP contribution in [0, 0.1) is 0 Å². The Kier molecular flexibility index (Phi) is 3.96. The van der Waals surface area contributed by atoms with Gasteiger partial charge in [-0.25, -0.2) is 4.79 Å². The molecule has 0 bridgehead atoms. The van der Waals surface area contributed by atoms with Crippen molar-refractivity contribution < 1.29 is 4.79 Å². The number of likely N-dealkylation sites (tertiary alicyclic amines) is 1. The predicted octanol–water partition coefficient (Wildman–Crippen LogP) is 3.61. The number of urea groups is 1. The van der Waals surface area contributed by atoms with Gasteiger partial charge in [-0.3, -0.25) is 4.68 Å². The van der Waals surface area contributed by atoms with Crippen molar-refractivity contribution in [3.05, 3.63) is 52.3 Å². The van der Waals surface area contributed by atoms with Crippen LogP contribution in [0.4, 0.5) is 4.79 Å². The smallest absolute Gasteiger partial charge is 0.318 e. The molecule has 0 spiro atoms. The lowest BCUT2D eigenvalue weighted by molar-refractivity contribution is 0.189. The van der Waals surface area contributed by atoms with E-state index in [4.69, 9.17) is 11.6 Å². The molecule has 1 aromatic carbocycles. The van der Waals surface area contributed by atoms with Gasteiger partial charge >= 0.3 is 6.03 Å². The van der Waals surface area contributed by atoms with E-state index in [9.17, 15) is 4.79 Å². The summed E-state index contributed by atoms with van der Waals surface area (Å²) in [7, 11) is 1.90. The van der Waals surface area contributed by atoms with Crippen LogP contribution >= 0.6 is 11.6 Å². The average Bonchev–Trinajstić information content (AvgIpc) is 3.27. The van der Waals surface area contributed by atoms with E-state index in [2.05, 4.69) is 16.5 Å². The molecule has 2 atom stereocenters. The van der Waals surface area contributed by atoms with Crippen LogP contribution in [0.15, 0.2) is 30.6 Å². The first-order valence-electron chi connectivity index (χ1n) is 8.46. The summed E-state index contributed by atoms with van der Waals surface area (Å²) in [5.41, 5.74) is 3.45. The van der Waals surface area contributed by atoms with Crippen LogP contribution in [0.3, 0.4) is 0 Å². The number of carbonyl (C=O) groups is 1. The van der Waals surface area contributed by atoms with E-state index < -0.39 is 0 Å². The highest BCUT2D eigenvalue weighted by Gasteiger charge is 2.33. The molecule has 1 aliphatic heterocycles. The number of benzene rings is 1. The number of rotatable bonds is 2. The fourth-order valence-corrected chi connectivity index (χ4v) is 4.24. The molecule has 126 valence electrons. The van der Waals surface area contributed by atoms with E-state index in [0.717, 1.165) is 48.4 Å². The van der Waals surface area contributed by atoms with E-state index in [-0.39, 0.29) is 18.1 Å². The van der Waals surface area contributed by atoms with Crippen molar-refractivity contribution in [1.29, 1.82) is 0 Å². The number of nitrogens with zero attached hydrogens (tertiary/aromatic N) is 3. The Morgan fingerprint density at radius 3 is 3.04 bits per heavy atom. The zero-order valence-corrected chi connectivity index (χ0v) is 14.5. The highest BCUT2D eigenvalue weighted by atomic mass is 35.5. The summed E-state index contributed by atoms with van der Waals surface area (Å²) in [5, 5.41) is 8.26. The average molecular weight is 345 g/mol. The molecule has 0 unspecified atom stereocenters. The highest BCUT2D eigenvalue weighted by molar-refractivity contribution is 6.31. The van der Waals surface area contributed by atoms with E-state index >= 15 is 0 Å². The second-order valence-corrected chi connectivity index (χ2v) is 7.05. The van der Waals surface area contributed by atoms with Gasteiger partial charge in [0.1, 0.15) is 0 Å². The highest BCUT2D eigenvalue weighted by Crippen LogP contribution is 2.37. The molecule has 5 nitrogen and oxygen atoms in total. The Balaban J connectivity index is 1.50. The molecule has 1 aromatic heterocycles. The van der Waals surface area contributed by atoms with E-state index in [1.165, 1.54) is 5.56 Å². The molecule has 1 saturated heterocycles. The second kappa shape index (κ2) is 6.13. The van der Waals surface area contributed by atoms with E-state index in [0.29, 0.717) is 0 Å². The molecule has 2 amide bonds. The van der Waals surface area contributed by atoms with E-state index in [1.54, 1.807) is 4.68 Å². The summed E-state index contributed by atoms with van der Waals surface area (Å²) < 4.78 is 1.79. The molecule has 4 rings (SSSR count). The topological polar surface area (TPSA) is 50.2 Å². The maximum Gasteiger partial charge on any atom is 0.318 e. The normalized spacial score (nSPS) is 22.7. The third kappa shape index (κ3) is 2.67. The number of nitrogens with one attached hydrogen (secondary N) is 1. The summed E-state index contributed by atoms with van der Waals surface area (Å²) in [6, 6.07) is 6.14. The van der Waals surface area contributed by atoms with Crippen molar-refractivity contribution in [3.63, 3.8) is 0 Å². The fourth-order valence-electron chi connectivity index (χ4n) is 3.96. The van der Waals surface area contributed by atoms with Gasteiger partial charge in [0.25, 0.3) is 0 Å². The molecule has 1 aliphatic carbocycles. The summed E-state index contributed by atoms with van der Waals surface area (Å²) in [6.45, 7) is 0.792. The number of hydrogen-bond donors (Lipinski definition) is 1. The third-order valence-corrected chi connectivity index (χ3v) is 5.49. The molecule has 2 aliphatic rings. The molecule has 6 heteroatoms. The first-order chi connectivity index (χ1) is 11.6. The van der Waals surface area contributed by atoms with Gasteiger partial charge in [0.2, 0.25) is 0 Å². The number of hydrogen-bond acceptors (Lipinski definition) is 2. The molecule has 2 aromatic rings. The largest absolute Gasteiger partial charge is 0.331 e. The first-order valence-corrected chi connectivity index (χ1v) is 8.84. The molecular formula is C18H21ClN4O. The van der Waals surface area contributed by atoms with Crippen LogP contribution in [0.2, 0.25) is 5.02 Å². The number of carbonyl (C=O) groups excluding carboxylic acids is 1. The number of aromatic nitrogens is 2. The lowest BCUT2D eigenvalue weighted by Gasteiger charge is -2.26. The second-order valence-electron chi connectivity index (χ2n) is 6.65. The quantitative estimate of drug-likeness (QED) is 0.904. The summed E-state index contributed by atoms with van der Waals surface area (Å²) in [4.78, 5) is 14.8. The van der Waals surface area contributed by atoms with Crippen molar-refractivity contribution in [2.45, 2.75) is 37.8 Å². The van der Waals surface area contributed by atoms with Gasteiger partial charge in [0.05, 0.1) is 18.3 Å². The zero-order valence-electron chi connectivity index (χ0n) is 13.7. The SMILES string of the molecule is Cn1cc([C@@H]2CCCN2C(=O)N[C@@H]2CCc3c(Cl)cccc32)cn1. The minimum Gasteiger partial charge on any atom is -0.331 e. The van der Waals surface area contributed by atoms with Crippen LogP contribution in [-0.4, -0.2) is 27.3 Å².